The summed E-state index contributed by atoms with van der Waals surface area (Å²) >= 11 is 0. The lowest BCUT2D eigenvalue weighted by atomic mass is 10.2. The summed E-state index contributed by atoms with van der Waals surface area (Å²) in [4.78, 5) is 20.4. The van der Waals surface area contributed by atoms with Crippen molar-refractivity contribution in [1.29, 1.82) is 0 Å². The van der Waals surface area contributed by atoms with Gasteiger partial charge in [0, 0.05) is 18.3 Å². The Morgan fingerprint density at radius 2 is 2.09 bits per heavy atom. The van der Waals surface area contributed by atoms with Gasteiger partial charge in [-0.15, -0.1) is 0 Å². The zero-order valence-corrected chi connectivity index (χ0v) is 12.0. The summed E-state index contributed by atoms with van der Waals surface area (Å²) in [7, 11) is 0. The molecule has 1 amide bonds. The lowest BCUT2D eigenvalue weighted by molar-refractivity contribution is 0.0924. The molecule has 1 aromatic carbocycles. The van der Waals surface area contributed by atoms with Crippen LogP contribution in [0.1, 0.15) is 10.5 Å². The molecule has 23 heavy (non-hydrogen) atoms. The molecule has 0 spiro atoms. The Morgan fingerprint density at radius 1 is 1.17 bits per heavy atom. The van der Waals surface area contributed by atoms with Gasteiger partial charge in [0.25, 0.3) is 5.91 Å². The third-order valence-corrected chi connectivity index (χ3v) is 3.62. The average molecular weight is 309 g/mol. The number of aromatic nitrogens is 4. The van der Waals surface area contributed by atoms with Crippen LogP contribution in [0.4, 0.5) is 4.39 Å². The Balaban J connectivity index is 1.76. The molecule has 0 saturated carbocycles. The maximum absolute atomic E-state index is 13.4. The van der Waals surface area contributed by atoms with E-state index in [9.17, 15) is 9.18 Å². The summed E-state index contributed by atoms with van der Waals surface area (Å²) < 4.78 is 15.0. The van der Waals surface area contributed by atoms with Crippen LogP contribution in [0.2, 0.25) is 0 Å². The van der Waals surface area contributed by atoms with Crippen LogP contribution in [-0.4, -0.2) is 32.2 Å². The summed E-state index contributed by atoms with van der Waals surface area (Å²) in [5.41, 5.74) is 2.29. The van der Waals surface area contributed by atoms with E-state index in [1.54, 1.807) is 35.1 Å². The highest BCUT2D eigenvalue weighted by molar-refractivity contribution is 5.94. The first-order chi connectivity index (χ1) is 11.2. The van der Waals surface area contributed by atoms with Crippen LogP contribution in [0.5, 0.6) is 0 Å². The van der Waals surface area contributed by atoms with Crippen LogP contribution in [0.3, 0.4) is 0 Å². The smallest absolute Gasteiger partial charge is 0.269 e. The van der Waals surface area contributed by atoms with Crippen molar-refractivity contribution in [3.63, 3.8) is 0 Å². The number of rotatable bonds is 2. The SMILES string of the molecule is O=C1NCCn2nc(-c3ccnc(-c4cccc(F)c4)n3)cc21. The topological polar surface area (TPSA) is 72.7 Å². The average Bonchev–Trinajstić information content (AvgIpc) is 3.01. The molecule has 0 aliphatic carbocycles. The van der Waals surface area contributed by atoms with Crippen molar-refractivity contribution < 1.29 is 9.18 Å². The quantitative estimate of drug-likeness (QED) is 0.784. The van der Waals surface area contributed by atoms with Crippen LogP contribution in [0.25, 0.3) is 22.8 Å². The molecule has 0 saturated heterocycles. The van der Waals surface area contributed by atoms with Gasteiger partial charge in [-0.2, -0.15) is 5.10 Å². The fourth-order valence-electron chi connectivity index (χ4n) is 2.53. The van der Waals surface area contributed by atoms with E-state index in [4.69, 9.17) is 0 Å². The zero-order chi connectivity index (χ0) is 15.8. The number of carbonyl (C=O) groups excluding carboxylic acids is 1. The van der Waals surface area contributed by atoms with E-state index >= 15 is 0 Å². The molecule has 0 fully saturated rings. The molecule has 0 unspecified atom stereocenters. The lowest BCUT2D eigenvalue weighted by Gasteiger charge is -2.13. The number of nitrogens with one attached hydrogen (secondary N) is 1. The Hall–Kier alpha value is -3.09. The molecule has 7 heteroatoms. The van der Waals surface area contributed by atoms with Gasteiger partial charge in [0.15, 0.2) is 5.82 Å². The first-order valence-corrected chi connectivity index (χ1v) is 7.16. The van der Waals surface area contributed by atoms with Gasteiger partial charge in [-0.25, -0.2) is 14.4 Å². The lowest BCUT2D eigenvalue weighted by Crippen LogP contribution is -2.35. The van der Waals surface area contributed by atoms with Gasteiger partial charge < -0.3 is 5.32 Å². The van der Waals surface area contributed by atoms with Crippen LogP contribution >= 0.6 is 0 Å². The minimum absolute atomic E-state index is 0.144. The van der Waals surface area contributed by atoms with Gasteiger partial charge in [0.1, 0.15) is 17.2 Å². The molecule has 3 aromatic rings. The van der Waals surface area contributed by atoms with Crippen molar-refractivity contribution in [2.24, 2.45) is 0 Å². The first-order valence-electron chi connectivity index (χ1n) is 7.16. The highest BCUT2D eigenvalue weighted by Gasteiger charge is 2.20. The van der Waals surface area contributed by atoms with E-state index in [0.29, 0.717) is 41.6 Å². The molecule has 114 valence electrons. The largest absolute Gasteiger partial charge is 0.349 e. The second kappa shape index (κ2) is 5.28. The standard InChI is InChI=1S/C16H12FN5O/c17-11-3-1-2-10(8-11)15-18-5-4-12(20-15)13-9-14-16(23)19-6-7-22(14)21-13/h1-5,8-9H,6-7H2,(H,19,23). The van der Waals surface area contributed by atoms with Gasteiger partial charge >= 0.3 is 0 Å². The van der Waals surface area contributed by atoms with Crippen molar-refractivity contribution in [1.82, 2.24) is 25.1 Å². The molecule has 4 rings (SSSR count). The highest BCUT2D eigenvalue weighted by Crippen LogP contribution is 2.22. The number of nitrogens with zero attached hydrogens (tertiary/aromatic N) is 4. The van der Waals surface area contributed by atoms with Crippen molar-refractivity contribution in [2.45, 2.75) is 6.54 Å². The second-order valence-corrected chi connectivity index (χ2v) is 5.17. The van der Waals surface area contributed by atoms with Crippen molar-refractivity contribution >= 4 is 5.91 Å². The zero-order valence-electron chi connectivity index (χ0n) is 12.0. The molecule has 1 aliphatic heterocycles. The number of hydrogen-bond donors (Lipinski definition) is 1. The van der Waals surface area contributed by atoms with Crippen molar-refractivity contribution in [2.75, 3.05) is 6.54 Å². The molecule has 1 N–H and O–H groups in total. The molecule has 0 atom stereocenters. The predicted molar refractivity (Wildman–Crippen MR) is 81.0 cm³/mol. The molecular formula is C16H12FN5O. The molecule has 2 aromatic heterocycles. The van der Waals surface area contributed by atoms with E-state index in [-0.39, 0.29) is 11.7 Å². The Bertz CT molecular complexity index is 905. The molecule has 0 radical (unpaired) electrons. The van der Waals surface area contributed by atoms with E-state index in [1.165, 1.54) is 12.1 Å². The second-order valence-electron chi connectivity index (χ2n) is 5.17. The molecule has 0 bridgehead atoms. The summed E-state index contributed by atoms with van der Waals surface area (Å²) in [5.74, 6) is -0.0718. The fourth-order valence-corrected chi connectivity index (χ4v) is 2.53. The third kappa shape index (κ3) is 2.46. The van der Waals surface area contributed by atoms with Crippen LogP contribution in [-0.2, 0) is 6.54 Å². The van der Waals surface area contributed by atoms with E-state index in [1.807, 2.05) is 0 Å². The third-order valence-electron chi connectivity index (χ3n) is 3.62. The number of fused-ring (bicyclic) bond motifs is 1. The molecule has 6 nitrogen and oxygen atoms in total. The van der Waals surface area contributed by atoms with Crippen LogP contribution in [0.15, 0.2) is 42.6 Å². The van der Waals surface area contributed by atoms with E-state index in [2.05, 4.69) is 20.4 Å². The van der Waals surface area contributed by atoms with Gasteiger partial charge in [-0.05, 0) is 24.3 Å². The maximum atomic E-state index is 13.4. The summed E-state index contributed by atoms with van der Waals surface area (Å²) in [6.07, 6.45) is 1.60. The number of halogens is 1. The van der Waals surface area contributed by atoms with Gasteiger partial charge in [0.05, 0.1) is 12.2 Å². The Morgan fingerprint density at radius 3 is 2.91 bits per heavy atom. The van der Waals surface area contributed by atoms with E-state index < -0.39 is 0 Å². The van der Waals surface area contributed by atoms with Gasteiger partial charge in [-0.3, -0.25) is 9.48 Å². The molecule has 3 heterocycles. The van der Waals surface area contributed by atoms with E-state index in [0.717, 1.165) is 0 Å². The monoisotopic (exact) mass is 309 g/mol. The summed E-state index contributed by atoms with van der Waals surface area (Å²) in [5, 5.41) is 7.19. The number of benzene rings is 1. The Kier molecular flexibility index (Phi) is 3.11. The van der Waals surface area contributed by atoms with Gasteiger partial charge in [-0.1, -0.05) is 12.1 Å². The normalized spacial score (nSPS) is 13.5. The van der Waals surface area contributed by atoms with Crippen molar-refractivity contribution in [3.05, 3.63) is 54.1 Å². The minimum atomic E-state index is -0.342. The molecule has 1 aliphatic rings. The number of hydrogen-bond acceptors (Lipinski definition) is 4. The number of amides is 1. The van der Waals surface area contributed by atoms with Gasteiger partial charge in [0.2, 0.25) is 0 Å². The van der Waals surface area contributed by atoms with Crippen LogP contribution in [0, 0.1) is 5.82 Å². The first kappa shape index (κ1) is 13.6. The minimum Gasteiger partial charge on any atom is -0.349 e. The summed E-state index contributed by atoms with van der Waals surface area (Å²) in [6, 6.07) is 9.52. The fraction of sp³-hybridized carbons (Fsp3) is 0.125. The number of carbonyl (C=O) groups is 1. The van der Waals surface area contributed by atoms with Crippen molar-refractivity contribution in [3.8, 4) is 22.8 Å². The predicted octanol–water partition coefficient (Wildman–Crippen LogP) is 1.89. The molecular weight excluding hydrogens is 297 g/mol. The maximum Gasteiger partial charge on any atom is 0.269 e. The Labute approximate surface area is 131 Å². The summed E-state index contributed by atoms with van der Waals surface area (Å²) in [6.45, 7) is 1.19. The van der Waals surface area contributed by atoms with Crippen LogP contribution < -0.4 is 5.32 Å². The highest BCUT2D eigenvalue weighted by atomic mass is 19.1.